The molecule has 2 N–H and O–H groups in total. The SMILES string of the molecule is CCN(CC)C[C@@H](NC(=S)Nc1c(C)cc(C)cc1Cl)c1ccccc1. The lowest BCUT2D eigenvalue weighted by molar-refractivity contribution is 0.277. The molecule has 0 fully saturated rings. The summed E-state index contributed by atoms with van der Waals surface area (Å²) in [6, 6.07) is 14.6. The van der Waals surface area contributed by atoms with Crippen LogP contribution in [0.2, 0.25) is 5.02 Å². The second-order valence-electron chi connectivity index (χ2n) is 6.49. The summed E-state index contributed by atoms with van der Waals surface area (Å²) in [5, 5.41) is 8.02. The van der Waals surface area contributed by atoms with E-state index in [0.29, 0.717) is 10.1 Å². The molecule has 140 valence electrons. The van der Waals surface area contributed by atoms with Gasteiger partial charge in [0.15, 0.2) is 5.11 Å². The molecule has 0 radical (unpaired) electrons. The highest BCUT2D eigenvalue weighted by Crippen LogP contribution is 2.27. The highest BCUT2D eigenvalue weighted by atomic mass is 35.5. The Bertz CT molecular complexity index is 706. The van der Waals surface area contributed by atoms with Crippen LogP contribution in [-0.4, -0.2) is 29.6 Å². The Hall–Kier alpha value is -1.62. The molecule has 0 spiro atoms. The van der Waals surface area contributed by atoms with Crippen LogP contribution < -0.4 is 10.6 Å². The van der Waals surface area contributed by atoms with E-state index in [1.807, 2.05) is 26.0 Å². The Labute approximate surface area is 167 Å². The van der Waals surface area contributed by atoms with Crippen molar-refractivity contribution < 1.29 is 0 Å². The van der Waals surface area contributed by atoms with Crippen LogP contribution >= 0.6 is 23.8 Å². The molecule has 0 bridgehead atoms. The number of hydrogen-bond donors (Lipinski definition) is 2. The highest BCUT2D eigenvalue weighted by Gasteiger charge is 2.16. The molecule has 0 aliphatic rings. The molecule has 2 aromatic carbocycles. The number of anilines is 1. The summed E-state index contributed by atoms with van der Waals surface area (Å²) in [5.41, 5.74) is 4.31. The number of nitrogens with zero attached hydrogens (tertiary/aromatic N) is 1. The number of benzene rings is 2. The van der Waals surface area contributed by atoms with Gasteiger partial charge in [0.25, 0.3) is 0 Å². The number of aryl methyl sites for hydroxylation is 2. The fourth-order valence-corrected chi connectivity index (χ4v) is 3.65. The van der Waals surface area contributed by atoms with Crippen molar-refractivity contribution in [3.63, 3.8) is 0 Å². The van der Waals surface area contributed by atoms with Crippen molar-refractivity contribution in [2.45, 2.75) is 33.7 Å². The summed E-state index contributed by atoms with van der Waals surface area (Å²) in [5.74, 6) is 0. The first-order valence-electron chi connectivity index (χ1n) is 9.06. The quantitative estimate of drug-likeness (QED) is 0.626. The maximum Gasteiger partial charge on any atom is 0.171 e. The minimum absolute atomic E-state index is 0.112. The van der Waals surface area contributed by atoms with Crippen LogP contribution in [0.15, 0.2) is 42.5 Å². The normalized spacial score (nSPS) is 12.1. The van der Waals surface area contributed by atoms with Gasteiger partial charge in [0.1, 0.15) is 0 Å². The standard InChI is InChI=1S/C21H28ClN3S/c1-5-25(6-2)14-19(17-10-8-7-9-11-17)23-21(26)24-20-16(4)12-15(3)13-18(20)22/h7-13,19H,5-6,14H2,1-4H3,(H2,23,24,26)/t19-/m1/s1. The summed E-state index contributed by atoms with van der Waals surface area (Å²) in [6.07, 6.45) is 0. The lowest BCUT2D eigenvalue weighted by Crippen LogP contribution is -2.39. The van der Waals surface area contributed by atoms with E-state index in [1.165, 1.54) is 5.56 Å². The zero-order chi connectivity index (χ0) is 19.1. The van der Waals surface area contributed by atoms with Crippen molar-refractivity contribution in [2.75, 3.05) is 25.0 Å². The smallest absolute Gasteiger partial charge is 0.171 e. The van der Waals surface area contributed by atoms with Crippen LogP contribution in [0.3, 0.4) is 0 Å². The molecule has 1 atom stereocenters. The molecule has 0 unspecified atom stereocenters. The average Bonchev–Trinajstić information content (AvgIpc) is 2.62. The van der Waals surface area contributed by atoms with Gasteiger partial charge < -0.3 is 15.5 Å². The summed E-state index contributed by atoms with van der Waals surface area (Å²) >= 11 is 12.0. The minimum atomic E-state index is 0.112. The zero-order valence-corrected chi connectivity index (χ0v) is 17.5. The topological polar surface area (TPSA) is 27.3 Å². The van der Waals surface area contributed by atoms with Crippen molar-refractivity contribution in [1.82, 2.24) is 10.2 Å². The first-order valence-corrected chi connectivity index (χ1v) is 9.84. The van der Waals surface area contributed by atoms with E-state index in [1.54, 1.807) is 0 Å². The molecule has 5 heteroatoms. The van der Waals surface area contributed by atoms with Crippen LogP contribution in [0.5, 0.6) is 0 Å². The highest BCUT2D eigenvalue weighted by molar-refractivity contribution is 7.80. The Kier molecular flexibility index (Phi) is 7.88. The Balaban J connectivity index is 2.16. The number of thiocarbonyl (C=S) groups is 1. The van der Waals surface area contributed by atoms with Crippen molar-refractivity contribution in [3.8, 4) is 0 Å². The third-order valence-corrected chi connectivity index (χ3v) is 5.03. The third kappa shape index (κ3) is 5.70. The summed E-state index contributed by atoms with van der Waals surface area (Å²) in [4.78, 5) is 2.39. The van der Waals surface area contributed by atoms with E-state index < -0.39 is 0 Å². The van der Waals surface area contributed by atoms with Crippen LogP contribution in [-0.2, 0) is 0 Å². The summed E-state index contributed by atoms with van der Waals surface area (Å²) in [7, 11) is 0. The Morgan fingerprint density at radius 2 is 1.77 bits per heavy atom. The zero-order valence-electron chi connectivity index (χ0n) is 16.0. The van der Waals surface area contributed by atoms with E-state index in [-0.39, 0.29) is 6.04 Å². The molecule has 0 saturated heterocycles. The van der Waals surface area contributed by atoms with Gasteiger partial charge in [0.2, 0.25) is 0 Å². The second-order valence-corrected chi connectivity index (χ2v) is 7.30. The van der Waals surface area contributed by atoms with Crippen LogP contribution in [0.4, 0.5) is 5.69 Å². The molecule has 0 aliphatic heterocycles. The molecule has 0 aliphatic carbocycles. The molecule has 0 aromatic heterocycles. The minimum Gasteiger partial charge on any atom is -0.354 e. The van der Waals surface area contributed by atoms with Crippen molar-refractivity contribution in [3.05, 3.63) is 64.2 Å². The predicted octanol–water partition coefficient (Wildman–Crippen LogP) is 5.33. The lowest BCUT2D eigenvalue weighted by Gasteiger charge is -2.28. The van der Waals surface area contributed by atoms with Gasteiger partial charge in [-0.3, -0.25) is 0 Å². The number of nitrogens with one attached hydrogen (secondary N) is 2. The first-order chi connectivity index (χ1) is 12.4. The molecule has 0 saturated carbocycles. The molecule has 3 nitrogen and oxygen atoms in total. The van der Waals surface area contributed by atoms with Gasteiger partial charge in [0.05, 0.1) is 16.8 Å². The van der Waals surface area contributed by atoms with Crippen LogP contribution in [0.25, 0.3) is 0 Å². The molecular weight excluding hydrogens is 362 g/mol. The van der Waals surface area contributed by atoms with E-state index in [0.717, 1.165) is 36.4 Å². The van der Waals surface area contributed by atoms with Gasteiger partial charge in [-0.05, 0) is 61.9 Å². The van der Waals surface area contributed by atoms with Crippen molar-refractivity contribution in [2.24, 2.45) is 0 Å². The number of halogens is 1. The van der Waals surface area contributed by atoms with Gasteiger partial charge in [0, 0.05) is 6.54 Å². The molecular formula is C21H28ClN3S. The Morgan fingerprint density at radius 1 is 1.12 bits per heavy atom. The second kappa shape index (κ2) is 9.91. The maximum absolute atomic E-state index is 6.40. The summed E-state index contributed by atoms with van der Waals surface area (Å²) in [6.45, 7) is 11.3. The fourth-order valence-electron chi connectivity index (χ4n) is 3.04. The van der Waals surface area contributed by atoms with Gasteiger partial charge in [-0.1, -0.05) is 61.8 Å². The van der Waals surface area contributed by atoms with Gasteiger partial charge in [-0.25, -0.2) is 0 Å². The van der Waals surface area contributed by atoms with Gasteiger partial charge in [-0.15, -0.1) is 0 Å². The van der Waals surface area contributed by atoms with Crippen LogP contribution in [0, 0.1) is 13.8 Å². The third-order valence-electron chi connectivity index (χ3n) is 4.51. The molecule has 2 rings (SSSR count). The Morgan fingerprint density at radius 3 is 2.35 bits per heavy atom. The largest absolute Gasteiger partial charge is 0.354 e. The van der Waals surface area contributed by atoms with E-state index in [2.05, 4.69) is 59.7 Å². The average molecular weight is 390 g/mol. The molecule has 0 amide bonds. The van der Waals surface area contributed by atoms with Gasteiger partial charge in [-0.2, -0.15) is 0 Å². The molecule has 26 heavy (non-hydrogen) atoms. The molecule has 2 aromatic rings. The first kappa shape index (κ1) is 20.7. The predicted molar refractivity (Wildman–Crippen MR) is 117 cm³/mol. The van der Waals surface area contributed by atoms with E-state index in [4.69, 9.17) is 23.8 Å². The summed E-state index contributed by atoms with van der Waals surface area (Å²) < 4.78 is 0. The lowest BCUT2D eigenvalue weighted by atomic mass is 10.1. The van der Waals surface area contributed by atoms with Crippen LogP contribution in [0.1, 0.15) is 36.6 Å². The fraction of sp³-hybridized carbons (Fsp3) is 0.381. The van der Waals surface area contributed by atoms with E-state index >= 15 is 0 Å². The van der Waals surface area contributed by atoms with Crippen molar-refractivity contribution in [1.29, 1.82) is 0 Å². The number of hydrogen-bond acceptors (Lipinski definition) is 2. The molecule has 0 heterocycles. The van der Waals surface area contributed by atoms with Crippen molar-refractivity contribution >= 4 is 34.6 Å². The monoisotopic (exact) mass is 389 g/mol. The van der Waals surface area contributed by atoms with Gasteiger partial charge >= 0.3 is 0 Å². The maximum atomic E-state index is 6.40. The number of rotatable bonds is 7. The van der Waals surface area contributed by atoms with E-state index in [9.17, 15) is 0 Å². The number of likely N-dealkylation sites (N-methyl/N-ethyl adjacent to an activating group) is 1.